The molecule has 1 fully saturated rings. The Hall–Kier alpha value is -1.60. The molecule has 1 aromatic heterocycles. The fraction of sp³-hybridized carbons (Fsp3) is 0.500. The highest BCUT2D eigenvalue weighted by Gasteiger charge is 2.18. The molecule has 84 valence electrons. The van der Waals surface area contributed by atoms with Gasteiger partial charge in [0.2, 0.25) is 0 Å². The summed E-state index contributed by atoms with van der Waals surface area (Å²) >= 11 is 0. The van der Waals surface area contributed by atoms with Crippen LogP contribution in [0.15, 0.2) is 18.5 Å². The number of pyridine rings is 1. The molecule has 0 bridgehead atoms. The average molecular weight is 216 g/mol. The average Bonchev–Trinajstić information content (AvgIpc) is 2.30. The Morgan fingerprint density at radius 2 is 2.50 bits per heavy atom. The topological polar surface area (TPSA) is 60.7 Å². The fourth-order valence-electron chi connectivity index (χ4n) is 2.09. The molecule has 0 radical (unpaired) electrons. The Morgan fingerprint density at radius 3 is 3.25 bits per heavy atom. The molecule has 1 aliphatic heterocycles. The Bertz CT molecular complexity index is 396. The van der Waals surface area contributed by atoms with Crippen molar-refractivity contribution in [3.05, 3.63) is 24.0 Å². The van der Waals surface area contributed by atoms with Gasteiger partial charge in [-0.2, -0.15) is 5.26 Å². The summed E-state index contributed by atoms with van der Waals surface area (Å²) in [4.78, 5) is 4.05. The van der Waals surface area contributed by atoms with E-state index in [1.165, 1.54) is 0 Å². The van der Waals surface area contributed by atoms with Crippen molar-refractivity contribution in [3.8, 4) is 6.07 Å². The number of hydrogen-bond donors (Lipinski definition) is 2. The summed E-state index contributed by atoms with van der Waals surface area (Å²) in [6.07, 6.45) is 5.55. The molecule has 2 rings (SSSR count). The molecule has 1 aliphatic rings. The number of aromatic nitrogens is 1. The first-order valence-electron chi connectivity index (χ1n) is 5.63. The van der Waals surface area contributed by atoms with E-state index >= 15 is 0 Å². The number of nitrogens with one attached hydrogen (secondary N) is 2. The standard InChI is InChI=1S/C12H16N4/c1-9-6-11(3-5-15-9)16-12-8-14-4-2-10(12)7-13/h2,4,8-9,11,15-16H,3,5-6H2,1H3. The molecule has 4 nitrogen and oxygen atoms in total. The summed E-state index contributed by atoms with van der Waals surface area (Å²) < 4.78 is 0. The number of nitriles is 1. The second kappa shape index (κ2) is 4.95. The van der Waals surface area contributed by atoms with Gasteiger partial charge in [0.1, 0.15) is 6.07 Å². The van der Waals surface area contributed by atoms with Crippen molar-refractivity contribution in [2.24, 2.45) is 0 Å². The molecule has 2 heterocycles. The van der Waals surface area contributed by atoms with Crippen molar-refractivity contribution in [2.75, 3.05) is 11.9 Å². The van der Waals surface area contributed by atoms with Gasteiger partial charge >= 0.3 is 0 Å². The summed E-state index contributed by atoms with van der Waals surface area (Å²) in [7, 11) is 0. The summed E-state index contributed by atoms with van der Waals surface area (Å²) in [6.45, 7) is 3.21. The van der Waals surface area contributed by atoms with Crippen molar-refractivity contribution < 1.29 is 0 Å². The van der Waals surface area contributed by atoms with Crippen LogP contribution in [-0.2, 0) is 0 Å². The van der Waals surface area contributed by atoms with Gasteiger partial charge in [0.15, 0.2) is 0 Å². The van der Waals surface area contributed by atoms with Gasteiger partial charge in [-0.05, 0) is 32.4 Å². The van der Waals surface area contributed by atoms with Crippen LogP contribution >= 0.6 is 0 Å². The summed E-state index contributed by atoms with van der Waals surface area (Å²) in [5, 5.41) is 15.8. The van der Waals surface area contributed by atoms with E-state index in [2.05, 4.69) is 28.6 Å². The predicted octanol–water partition coefficient (Wildman–Crippen LogP) is 1.51. The normalized spacial score (nSPS) is 24.8. The van der Waals surface area contributed by atoms with Gasteiger partial charge in [0.05, 0.1) is 17.4 Å². The largest absolute Gasteiger partial charge is 0.380 e. The van der Waals surface area contributed by atoms with E-state index < -0.39 is 0 Å². The zero-order valence-corrected chi connectivity index (χ0v) is 9.40. The van der Waals surface area contributed by atoms with E-state index in [4.69, 9.17) is 5.26 Å². The van der Waals surface area contributed by atoms with E-state index in [1.54, 1.807) is 18.5 Å². The molecule has 2 N–H and O–H groups in total. The van der Waals surface area contributed by atoms with E-state index in [9.17, 15) is 0 Å². The third kappa shape index (κ3) is 2.50. The maximum atomic E-state index is 8.97. The van der Waals surface area contributed by atoms with Gasteiger partial charge < -0.3 is 10.6 Å². The molecule has 4 heteroatoms. The highest BCUT2D eigenvalue weighted by atomic mass is 15.0. The lowest BCUT2D eigenvalue weighted by molar-refractivity contribution is 0.396. The summed E-state index contributed by atoms with van der Waals surface area (Å²) in [5.74, 6) is 0. The van der Waals surface area contributed by atoms with Gasteiger partial charge in [-0.25, -0.2) is 0 Å². The second-order valence-corrected chi connectivity index (χ2v) is 4.25. The SMILES string of the molecule is CC1CC(Nc2cnccc2C#N)CCN1. The zero-order chi connectivity index (χ0) is 11.4. The number of hydrogen-bond acceptors (Lipinski definition) is 4. The first kappa shape index (κ1) is 10.9. The fourth-order valence-corrected chi connectivity index (χ4v) is 2.09. The highest BCUT2D eigenvalue weighted by molar-refractivity contribution is 5.55. The van der Waals surface area contributed by atoms with E-state index in [0.29, 0.717) is 17.6 Å². The van der Waals surface area contributed by atoms with Crippen LogP contribution in [0.1, 0.15) is 25.3 Å². The molecule has 1 saturated heterocycles. The zero-order valence-electron chi connectivity index (χ0n) is 9.40. The van der Waals surface area contributed by atoms with Gasteiger partial charge in [-0.15, -0.1) is 0 Å². The molecule has 16 heavy (non-hydrogen) atoms. The van der Waals surface area contributed by atoms with Crippen LogP contribution in [0.4, 0.5) is 5.69 Å². The molecule has 0 aliphatic carbocycles. The lowest BCUT2D eigenvalue weighted by Gasteiger charge is -2.29. The minimum Gasteiger partial charge on any atom is -0.380 e. The lowest BCUT2D eigenvalue weighted by Crippen LogP contribution is -2.41. The van der Waals surface area contributed by atoms with Crippen molar-refractivity contribution in [2.45, 2.75) is 31.8 Å². The van der Waals surface area contributed by atoms with Crippen LogP contribution in [0, 0.1) is 11.3 Å². The number of rotatable bonds is 2. The van der Waals surface area contributed by atoms with Crippen molar-refractivity contribution in [3.63, 3.8) is 0 Å². The molecule has 0 aromatic carbocycles. The maximum absolute atomic E-state index is 8.97. The highest BCUT2D eigenvalue weighted by Crippen LogP contribution is 2.18. The van der Waals surface area contributed by atoms with Crippen LogP contribution in [-0.4, -0.2) is 23.6 Å². The van der Waals surface area contributed by atoms with Crippen LogP contribution in [0.2, 0.25) is 0 Å². The first-order valence-corrected chi connectivity index (χ1v) is 5.63. The minimum absolute atomic E-state index is 0.438. The van der Waals surface area contributed by atoms with Gasteiger partial charge in [0, 0.05) is 18.3 Å². The monoisotopic (exact) mass is 216 g/mol. The van der Waals surface area contributed by atoms with Crippen LogP contribution in [0.5, 0.6) is 0 Å². The Labute approximate surface area is 95.7 Å². The number of piperidine rings is 1. The van der Waals surface area contributed by atoms with E-state index in [0.717, 1.165) is 25.1 Å². The number of nitrogens with zero attached hydrogens (tertiary/aromatic N) is 2. The smallest absolute Gasteiger partial charge is 0.101 e. The Balaban J connectivity index is 2.06. The molecule has 2 atom stereocenters. The Morgan fingerprint density at radius 1 is 1.62 bits per heavy atom. The third-order valence-electron chi connectivity index (χ3n) is 2.92. The van der Waals surface area contributed by atoms with Crippen LogP contribution in [0.3, 0.4) is 0 Å². The molecular formula is C12H16N4. The molecule has 0 saturated carbocycles. The van der Waals surface area contributed by atoms with Gasteiger partial charge in [-0.3, -0.25) is 4.98 Å². The Kier molecular flexibility index (Phi) is 3.37. The summed E-state index contributed by atoms with van der Waals surface area (Å²) in [5.41, 5.74) is 1.52. The molecular weight excluding hydrogens is 200 g/mol. The number of anilines is 1. The third-order valence-corrected chi connectivity index (χ3v) is 2.92. The predicted molar refractivity (Wildman–Crippen MR) is 63.1 cm³/mol. The van der Waals surface area contributed by atoms with Crippen LogP contribution in [0.25, 0.3) is 0 Å². The minimum atomic E-state index is 0.438. The van der Waals surface area contributed by atoms with E-state index in [-0.39, 0.29) is 0 Å². The molecule has 0 amide bonds. The van der Waals surface area contributed by atoms with Crippen molar-refractivity contribution in [1.29, 1.82) is 5.26 Å². The van der Waals surface area contributed by atoms with Crippen molar-refractivity contribution in [1.82, 2.24) is 10.3 Å². The lowest BCUT2D eigenvalue weighted by atomic mass is 10.00. The molecule has 0 spiro atoms. The molecule has 2 unspecified atom stereocenters. The quantitative estimate of drug-likeness (QED) is 0.786. The van der Waals surface area contributed by atoms with Gasteiger partial charge in [-0.1, -0.05) is 0 Å². The molecule has 1 aromatic rings. The van der Waals surface area contributed by atoms with Crippen LogP contribution < -0.4 is 10.6 Å². The van der Waals surface area contributed by atoms with Crippen molar-refractivity contribution >= 4 is 5.69 Å². The van der Waals surface area contributed by atoms with E-state index in [1.807, 2.05) is 0 Å². The second-order valence-electron chi connectivity index (χ2n) is 4.25. The maximum Gasteiger partial charge on any atom is 0.101 e. The first-order chi connectivity index (χ1) is 7.79. The summed E-state index contributed by atoms with van der Waals surface area (Å²) in [6, 6.07) is 4.89. The van der Waals surface area contributed by atoms with Gasteiger partial charge in [0.25, 0.3) is 0 Å².